The smallest absolute Gasteiger partial charge is 0.0579 e. The molecule has 1 spiro atoms. The van der Waals surface area contributed by atoms with Gasteiger partial charge in [0.15, 0.2) is 0 Å². The fourth-order valence-electron chi connectivity index (χ4n) is 3.77. The lowest BCUT2D eigenvalue weighted by molar-refractivity contribution is -0.0250. The molecular formula is C17H22BrNO. The highest BCUT2D eigenvalue weighted by Gasteiger charge is 2.44. The van der Waals surface area contributed by atoms with E-state index in [1.165, 1.54) is 5.56 Å². The van der Waals surface area contributed by atoms with E-state index in [1.54, 1.807) is 0 Å². The molecule has 1 aromatic rings. The Bertz CT molecular complexity index is 530. The van der Waals surface area contributed by atoms with Crippen LogP contribution in [0.25, 0.3) is 0 Å². The normalized spacial score (nSPS) is 29.2. The quantitative estimate of drug-likeness (QED) is 0.832. The standard InChI is InChI=1S/C17H22BrNO/c1-11(2)20-14-5-7-17(8-6-14)10-12-3-4-13(18)9-15(12)16(17)19/h3-4,9,11,14,19H,5-8,10H2,1-2H3/t14-,17-. The summed E-state index contributed by atoms with van der Waals surface area (Å²) in [6, 6.07) is 6.39. The first-order chi connectivity index (χ1) is 9.50. The summed E-state index contributed by atoms with van der Waals surface area (Å²) in [4.78, 5) is 0. The van der Waals surface area contributed by atoms with Crippen LogP contribution in [0.4, 0.5) is 0 Å². The summed E-state index contributed by atoms with van der Waals surface area (Å²) in [5, 5.41) is 8.62. The van der Waals surface area contributed by atoms with E-state index in [9.17, 15) is 0 Å². The topological polar surface area (TPSA) is 33.1 Å². The maximum absolute atomic E-state index is 8.62. The summed E-state index contributed by atoms with van der Waals surface area (Å²) in [5.41, 5.74) is 3.45. The van der Waals surface area contributed by atoms with Crippen molar-refractivity contribution < 1.29 is 4.74 Å². The number of halogens is 1. The minimum atomic E-state index is 0.0833. The third-order valence-corrected chi connectivity index (χ3v) is 5.25. The minimum absolute atomic E-state index is 0.0833. The van der Waals surface area contributed by atoms with E-state index >= 15 is 0 Å². The number of rotatable bonds is 2. The van der Waals surface area contributed by atoms with Gasteiger partial charge >= 0.3 is 0 Å². The number of fused-ring (bicyclic) bond motifs is 1. The van der Waals surface area contributed by atoms with Crippen molar-refractivity contribution in [3.05, 3.63) is 33.8 Å². The molecule has 0 bridgehead atoms. The number of hydrogen-bond acceptors (Lipinski definition) is 2. The molecule has 0 heterocycles. The van der Waals surface area contributed by atoms with Crippen molar-refractivity contribution in [1.82, 2.24) is 0 Å². The molecule has 1 fully saturated rings. The summed E-state index contributed by atoms with van der Waals surface area (Å²) >= 11 is 3.52. The molecule has 3 rings (SSSR count). The van der Waals surface area contributed by atoms with Crippen molar-refractivity contribution in [1.29, 1.82) is 5.41 Å². The lowest BCUT2D eigenvalue weighted by Crippen LogP contribution is -2.36. The lowest BCUT2D eigenvalue weighted by Gasteiger charge is -2.37. The molecule has 0 unspecified atom stereocenters. The Balaban J connectivity index is 1.76. The molecule has 20 heavy (non-hydrogen) atoms. The summed E-state index contributed by atoms with van der Waals surface area (Å²) in [5.74, 6) is 0. The SMILES string of the molecule is CC(C)O[C@H]1CC[C@]2(CC1)Cc1ccc(Br)cc1C2=N. The van der Waals surface area contributed by atoms with Gasteiger partial charge in [-0.15, -0.1) is 0 Å². The summed E-state index contributed by atoms with van der Waals surface area (Å²) < 4.78 is 7.03. The maximum Gasteiger partial charge on any atom is 0.0579 e. The van der Waals surface area contributed by atoms with Crippen LogP contribution in [-0.2, 0) is 11.2 Å². The Morgan fingerprint density at radius 3 is 2.65 bits per heavy atom. The van der Waals surface area contributed by atoms with E-state index in [-0.39, 0.29) is 5.41 Å². The number of ether oxygens (including phenoxy) is 1. The van der Waals surface area contributed by atoms with Crippen molar-refractivity contribution in [2.75, 3.05) is 0 Å². The fourth-order valence-corrected chi connectivity index (χ4v) is 4.13. The van der Waals surface area contributed by atoms with Gasteiger partial charge in [-0.1, -0.05) is 22.0 Å². The van der Waals surface area contributed by atoms with Crippen LogP contribution in [-0.4, -0.2) is 17.9 Å². The van der Waals surface area contributed by atoms with E-state index < -0.39 is 0 Å². The van der Waals surface area contributed by atoms with E-state index in [0.717, 1.165) is 47.9 Å². The highest BCUT2D eigenvalue weighted by molar-refractivity contribution is 9.10. The van der Waals surface area contributed by atoms with Crippen molar-refractivity contribution >= 4 is 21.6 Å². The zero-order valence-electron chi connectivity index (χ0n) is 12.2. The Labute approximate surface area is 129 Å². The van der Waals surface area contributed by atoms with Crippen LogP contribution in [0.1, 0.15) is 50.7 Å². The van der Waals surface area contributed by atoms with Gasteiger partial charge in [-0.25, -0.2) is 0 Å². The van der Waals surface area contributed by atoms with Gasteiger partial charge in [0.2, 0.25) is 0 Å². The molecular weight excluding hydrogens is 314 g/mol. The average molecular weight is 336 g/mol. The third-order valence-electron chi connectivity index (χ3n) is 4.75. The number of hydrogen-bond donors (Lipinski definition) is 1. The molecule has 0 atom stereocenters. The third kappa shape index (κ3) is 2.46. The second-order valence-corrected chi connectivity index (χ2v) is 7.43. The van der Waals surface area contributed by atoms with Gasteiger partial charge in [0.1, 0.15) is 0 Å². The lowest BCUT2D eigenvalue weighted by atomic mass is 9.70. The molecule has 0 radical (unpaired) electrons. The molecule has 2 aliphatic rings. The first-order valence-electron chi connectivity index (χ1n) is 7.53. The predicted octanol–water partition coefficient (Wildman–Crippen LogP) is 4.73. The van der Waals surface area contributed by atoms with Crippen LogP contribution in [0.3, 0.4) is 0 Å². The van der Waals surface area contributed by atoms with E-state index in [4.69, 9.17) is 10.1 Å². The molecule has 0 amide bonds. The van der Waals surface area contributed by atoms with Gasteiger partial charge in [0.25, 0.3) is 0 Å². The van der Waals surface area contributed by atoms with Crippen LogP contribution in [0.15, 0.2) is 22.7 Å². The molecule has 1 saturated carbocycles. The van der Waals surface area contributed by atoms with Gasteiger partial charge in [0, 0.05) is 21.2 Å². The Hall–Kier alpha value is -0.670. The average Bonchev–Trinajstić information content (AvgIpc) is 2.66. The summed E-state index contributed by atoms with van der Waals surface area (Å²) in [6.07, 6.45) is 6.12. The predicted molar refractivity (Wildman–Crippen MR) is 85.6 cm³/mol. The Morgan fingerprint density at radius 2 is 2.00 bits per heavy atom. The van der Waals surface area contributed by atoms with E-state index in [0.29, 0.717) is 12.2 Å². The number of nitrogens with one attached hydrogen (secondary N) is 1. The molecule has 2 aliphatic carbocycles. The van der Waals surface area contributed by atoms with Gasteiger partial charge in [-0.05, 0) is 63.6 Å². The van der Waals surface area contributed by atoms with Crippen LogP contribution < -0.4 is 0 Å². The van der Waals surface area contributed by atoms with Gasteiger partial charge in [-0.3, -0.25) is 0 Å². The minimum Gasteiger partial charge on any atom is -0.376 e. The van der Waals surface area contributed by atoms with Crippen molar-refractivity contribution in [3.63, 3.8) is 0 Å². The van der Waals surface area contributed by atoms with Crippen molar-refractivity contribution in [3.8, 4) is 0 Å². The first-order valence-corrected chi connectivity index (χ1v) is 8.33. The van der Waals surface area contributed by atoms with Crippen LogP contribution in [0.5, 0.6) is 0 Å². The monoisotopic (exact) mass is 335 g/mol. The molecule has 108 valence electrons. The van der Waals surface area contributed by atoms with Crippen LogP contribution in [0.2, 0.25) is 0 Å². The van der Waals surface area contributed by atoms with E-state index in [2.05, 4.69) is 48.0 Å². The fraction of sp³-hybridized carbons (Fsp3) is 0.588. The highest BCUT2D eigenvalue weighted by atomic mass is 79.9. The second-order valence-electron chi connectivity index (χ2n) is 6.52. The Kier molecular flexibility index (Phi) is 3.76. The number of benzene rings is 1. The first kappa shape index (κ1) is 14.3. The Morgan fingerprint density at radius 1 is 1.30 bits per heavy atom. The largest absolute Gasteiger partial charge is 0.376 e. The summed E-state index contributed by atoms with van der Waals surface area (Å²) in [7, 11) is 0. The zero-order valence-corrected chi connectivity index (χ0v) is 13.8. The summed E-state index contributed by atoms with van der Waals surface area (Å²) in [6.45, 7) is 4.21. The molecule has 0 aromatic heterocycles. The molecule has 0 saturated heterocycles. The van der Waals surface area contributed by atoms with Gasteiger partial charge in [-0.2, -0.15) is 0 Å². The van der Waals surface area contributed by atoms with E-state index in [1.807, 2.05) is 0 Å². The van der Waals surface area contributed by atoms with Gasteiger partial charge in [0.05, 0.1) is 12.2 Å². The second kappa shape index (κ2) is 5.27. The van der Waals surface area contributed by atoms with Crippen LogP contribution >= 0.6 is 15.9 Å². The molecule has 1 aromatic carbocycles. The molecule has 0 aliphatic heterocycles. The molecule has 2 nitrogen and oxygen atoms in total. The van der Waals surface area contributed by atoms with Crippen LogP contribution in [0, 0.1) is 10.8 Å². The van der Waals surface area contributed by atoms with Crippen molar-refractivity contribution in [2.45, 2.75) is 58.2 Å². The van der Waals surface area contributed by atoms with Gasteiger partial charge < -0.3 is 10.1 Å². The van der Waals surface area contributed by atoms with Crippen molar-refractivity contribution in [2.24, 2.45) is 5.41 Å². The molecule has 1 N–H and O–H groups in total. The zero-order chi connectivity index (χ0) is 14.3. The highest BCUT2D eigenvalue weighted by Crippen LogP contribution is 2.48. The maximum atomic E-state index is 8.62. The molecule has 3 heteroatoms.